The molecule has 0 spiro atoms. The standard InChI is InChI=1S/C18H39ClN.C7H8O3S/c1-4-7-10-12-16-20(18-14-19,15-9-6-3)17-13-11-8-5-2;1-6-2-4-7(5-3-6)11(8,9)10/h4-18H2,1-3H3;2-5H,1H3,(H,8,9,10)/q+1;/p-1. The van der Waals surface area contributed by atoms with Gasteiger partial charge in [0.25, 0.3) is 0 Å². The number of hydrogen-bond donors (Lipinski definition) is 0. The molecule has 182 valence electrons. The first-order chi connectivity index (χ1) is 14.7. The molecule has 0 unspecified atom stereocenters. The smallest absolute Gasteiger partial charge is 0.124 e. The van der Waals surface area contributed by atoms with Crippen molar-refractivity contribution in [1.82, 2.24) is 0 Å². The number of quaternary nitrogens is 1. The molecule has 0 aliphatic heterocycles. The topological polar surface area (TPSA) is 57.2 Å². The van der Waals surface area contributed by atoms with Crippen LogP contribution < -0.4 is 0 Å². The van der Waals surface area contributed by atoms with Crippen molar-refractivity contribution in [1.29, 1.82) is 0 Å². The number of nitrogens with zero attached hydrogens (tertiary/aromatic N) is 1. The molecule has 0 bridgehead atoms. The molecule has 0 amide bonds. The third kappa shape index (κ3) is 15.0. The maximum Gasteiger partial charge on any atom is 0.124 e. The summed E-state index contributed by atoms with van der Waals surface area (Å²) < 4.78 is 32.5. The van der Waals surface area contributed by atoms with Crippen molar-refractivity contribution in [2.24, 2.45) is 0 Å². The zero-order valence-electron chi connectivity index (χ0n) is 20.4. The highest BCUT2D eigenvalue weighted by atomic mass is 35.5. The summed E-state index contributed by atoms with van der Waals surface area (Å²) in [6, 6.07) is 5.78. The van der Waals surface area contributed by atoms with Gasteiger partial charge in [0, 0.05) is 0 Å². The lowest BCUT2D eigenvalue weighted by atomic mass is 10.1. The van der Waals surface area contributed by atoms with E-state index in [1.165, 1.54) is 107 Å². The van der Waals surface area contributed by atoms with E-state index in [1.54, 1.807) is 12.1 Å². The van der Waals surface area contributed by atoms with Crippen molar-refractivity contribution in [3.05, 3.63) is 29.8 Å². The molecular formula is C25H46ClNO3S. The number of rotatable bonds is 16. The van der Waals surface area contributed by atoms with Crippen molar-refractivity contribution < 1.29 is 17.5 Å². The normalized spacial score (nSPS) is 11.8. The number of aryl methyl sites for hydroxylation is 1. The van der Waals surface area contributed by atoms with Crippen molar-refractivity contribution >= 4 is 21.7 Å². The van der Waals surface area contributed by atoms with Crippen LogP contribution in [0.15, 0.2) is 29.2 Å². The van der Waals surface area contributed by atoms with Crippen LogP contribution in [-0.2, 0) is 10.1 Å². The summed E-state index contributed by atoms with van der Waals surface area (Å²) in [5, 5.41) is 0. The van der Waals surface area contributed by atoms with Gasteiger partial charge in [0.15, 0.2) is 0 Å². The summed E-state index contributed by atoms with van der Waals surface area (Å²) in [5.74, 6) is 0.825. The average Bonchev–Trinajstić information content (AvgIpc) is 2.73. The fraction of sp³-hybridized carbons (Fsp3) is 0.760. The van der Waals surface area contributed by atoms with E-state index in [-0.39, 0.29) is 4.90 Å². The summed E-state index contributed by atoms with van der Waals surface area (Å²) in [6.07, 6.45) is 13.7. The molecule has 1 aromatic rings. The molecule has 0 radical (unpaired) electrons. The second-order valence-electron chi connectivity index (χ2n) is 8.67. The highest BCUT2D eigenvalue weighted by Gasteiger charge is 2.25. The molecule has 0 fully saturated rings. The van der Waals surface area contributed by atoms with Gasteiger partial charge in [-0.05, 0) is 51.2 Å². The molecule has 0 N–H and O–H groups in total. The zero-order valence-corrected chi connectivity index (χ0v) is 21.9. The van der Waals surface area contributed by atoms with Gasteiger partial charge in [0.2, 0.25) is 0 Å². The first kappa shape index (κ1) is 30.4. The van der Waals surface area contributed by atoms with Gasteiger partial charge in [-0.15, -0.1) is 11.6 Å². The fourth-order valence-electron chi connectivity index (χ4n) is 3.80. The first-order valence-corrected chi connectivity index (χ1v) is 14.1. The molecule has 0 heterocycles. The van der Waals surface area contributed by atoms with Gasteiger partial charge in [-0.1, -0.05) is 70.6 Å². The Hall–Kier alpha value is -0.620. The van der Waals surface area contributed by atoms with E-state index in [0.29, 0.717) is 0 Å². The lowest BCUT2D eigenvalue weighted by Crippen LogP contribution is -2.51. The average molecular weight is 476 g/mol. The Morgan fingerprint density at radius 3 is 1.58 bits per heavy atom. The molecule has 6 heteroatoms. The zero-order chi connectivity index (χ0) is 23.6. The van der Waals surface area contributed by atoms with Crippen LogP contribution in [0.25, 0.3) is 0 Å². The molecule has 1 rings (SSSR count). The van der Waals surface area contributed by atoms with Crippen LogP contribution in [0.3, 0.4) is 0 Å². The van der Waals surface area contributed by atoms with Crippen LogP contribution in [-0.4, -0.2) is 49.5 Å². The maximum atomic E-state index is 10.4. The van der Waals surface area contributed by atoms with E-state index >= 15 is 0 Å². The van der Waals surface area contributed by atoms with Crippen molar-refractivity contribution in [3.63, 3.8) is 0 Å². The lowest BCUT2D eigenvalue weighted by Gasteiger charge is -2.39. The Bertz CT molecular complexity index is 635. The Kier molecular flexibility index (Phi) is 17.5. The number of alkyl halides is 1. The first-order valence-electron chi connectivity index (χ1n) is 12.2. The van der Waals surface area contributed by atoms with Gasteiger partial charge in [-0.2, -0.15) is 0 Å². The second kappa shape index (κ2) is 17.9. The number of hydrogen-bond acceptors (Lipinski definition) is 3. The number of halogens is 1. The van der Waals surface area contributed by atoms with Crippen LogP contribution in [0, 0.1) is 6.92 Å². The highest BCUT2D eigenvalue weighted by molar-refractivity contribution is 7.85. The second-order valence-corrected chi connectivity index (χ2v) is 10.4. The van der Waals surface area contributed by atoms with Gasteiger partial charge < -0.3 is 9.04 Å². The molecule has 0 aromatic heterocycles. The molecule has 31 heavy (non-hydrogen) atoms. The van der Waals surface area contributed by atoms with E-state index in [0.717, 1.165) is 11.4 Å². The molecule has 0 saturated carbocycles. The van der Waals surface area contributed by atoms with Crippen molar-refractivity contribution in [2.75, 3.05) is 32.1 Å². The summed E-state index contributed by atoms with van der Waals surface area (Å²) in [5.41, 5.74) is 0.928. The van der Waals surface area contributed by atoms with Crippen molar-refractivity contribution in [3.8, 4) is 0 Å². The molecule has 0 aliphatic carbocycles. The highest BCUT2D eigenvalue weighted by Crippen LogP contribution is 2.17. The van der Waals surface area contributed by atoms with Crippen LogP contribution in [0.5, 0.6) is 0 Å². The van der Waals surface area contributed by atoms with Crippen LogP contribution in [0.1, 0.15) is 90.5 Å². The van der Waals surface area contributed by atoms with E-state index < -0.39 is 10.1 Å². The monoisotopic (exact) mass is 475 g/mol. The third-order valence-electron chi connectivity index (χ3n) is 5.83. The molecule has 0 aliphatic rings. The minimum absolute atomic E-state index is 0.178. The minimum atomic E-state index is -4.27. The number of benzene rings is 1. The van der Waals surface area contributed by atoms with E-state index in [4.69, 9.17) is 11.6 Å². The van der Waals surface area contributed by atoms with Crippen LogP contribution in [0.2, 0.25) is 0 Å². The molecular weight excluding hydrogens is 430 g/mol. The Morgan fingerprint density at radius 1 is 0.742 bits per heavy atom. The van der Waals surface area contributed by atoms with E-state index in [2.05, 4.69) is 20.8 Å². The predicted molar refractivity (Wildman–Crippen MR) is 133 cm³/mol. The summed E-state index contributed by atoms with van der Waals surface area (Å²) >= 11 is 6.13. The lowest BCUT2D eigenvalue weighted by molar-refractivity contribution is -0.926. The van der Waals surface area contributed by atoms with Gasteiger partial charge >= 0.3 is 0 Å². The van der Waals surface area contributed by atoms with Gasteiger partial charge in [-0.3, -0.25) is 0 Å². The van der Waals surface area contributed by atoms with Gasteiger partial charge in [0.05, 0.1) is 37.0 Å². The summed E-state index contributed by atoms with van der Waals surface area (Å²) in [6.45, 7) is 14.0. The predicted octanol–water partition coefficient (Wildman–Crippen LogP) is 6.90. The quantitative estimate of drug-likeness (QED) is 0.113. The molecule has 4 nitrogen and oxygen atoms in total. The molecule has 0 atom stereocenters. The summed E-state index contributed by atoms with van der Waals surface area (Å²) in [7, 11) is -4.27. The fourth-order valence-corrected chi connectivity index (χ4v) is 4.62. The molecule has 0 saturated heterocycles. The molecule has 1 aromatic carbocycles. The van der Waals surface area contributed by atoms with E-state index in [9.17, 15) is 13.0 Å². The Morgan fingerprint density at radius 2 is 1.19 bits per heavy atom. The van der Waals surface area contributed by atoms with Gasteiger partial charge in [-0.25, -0.2) is 8.42 Å². The number of unbranched alkanes of at least 4 members (excludes halogenated alkanes) is 7. The Balaban J connectivity index is 0.000000683. The minimum Gasteiger partial charge on any atom is -0.744 e. The van der Waals surface area contributed by atoms with Gasteiger partial charge in [0.1, 0.15) is 10.1 Å². The third-order valence-corrected chi connectivity index (χ3v) is 6.85. The summed E-state index contributed by atoms with van der Waals surface area (Å²) in [4.78, 5) is -0.178. The van der Waals surface area contributed by atoms with Crippen molar-refractivity contribution in [2.45, 2.75) is 96.8 Å². The maximum absolute atomic E-state index is 10.4. The Labute approximate surface area is 197 Å². The van der Waals surface area contributed by atoms with E-state index in [1.807, 2.05) is 6.92 Å². The largest absolute Gasteiger partial charge is 0.744 e. The van der Waals surface area contributed by atoms with Crippen LogP contribution >= 0.6 is 11.6 Å². The SMILES string of the molecule is CCCCCC[N+](CCCl)(CCCC)CCCCCC.Cc1ccc(S(=O)(=O)[O-])cc1. The van der Waals surface area contributed by atoms with Crippen LogP contribution in [0.4, 0.5) is 0 Å².